The first-order valence-corrected chi connectivity index (χ1v) is 6.75. The predicted molar refractivity (Wildman–Crippen MR) is 70.6 cm³/mol. The summed E-state index contributed by atoms with van der Waals surface area (Å²) in [4.78, 5) is 26.0. The van der Waals surface area contributed by atoms with Crippen molar-refractivity contribution < 1.29 is 14.0 Å². The van der Waals surface area contributed by atoms with E-state index in [1.54, 1.807) is 17.0 Å². The van der Waals surface area contributed by atoms with Gasteiger partial charge >= 0.3 is 17.2 Å². The standard InChI is InChI=1S/C14H15N3O3/c18-13(16-9-5-2-6-10-16)12-14(19)20-15-17(12)11-7-3-1-4-8-11/h1,3-4,7-8H,2,5-6,9-10H2/p+1. The Balaban J connectivity index is 1.99. The van der Waals surface area contributed by atoms with Crippen LogP contribution in [0.4, 0.5) is 0 Å². The highest BCUT2D eigenvalue weighted by Crippen LogP contribution is 2.10. The summed E-state index contributed by atoms with van der Waals surface area (Å²) in [5, 5.41) is 2.49. The van der Waals surface area contributed by atoms with Gasteiger partial charge in [-0.05, 0) is 29.2 Å². The van der Waals surface area contributed by atoms with Crippen LogP contribution in [0.2, 0.25) is 0 Å². The van der Waals surface area contributed by atoms with E-state index in [0.29, 0.717) is 18.8 Å². The number of carbonyl (C=O) groups is 1. The SMILES string of the molecule is O=C(c1c(=O)o[nH][n+]1-c1ccccc1)N1CCCCC1. The Kier molecular flexibility index (Phi) is 3.37. The number of amides is 1. The van der Waals surface area contributed by atoms with Crippen LogP contribution >= 0.6 is 0 Å². The third-order valence-electron chi connectivity index (χ3n) is 3.51. The van der Waals surface area contributed by atoms with Crippen molar-refractivity contribution in [1.82, 2.24) is 10.2 Å². The van der Waals surface area contributed by atoms with E-state index in [4.69, 9.17) is 4.52 Å². The molecule has 2 aromatic rings. The Morgan fingerprint density at radius 3 is 2.55 bits per heavy atom. The van der Waals surface area contributed by atoms with Gasteiger partial charge in [-0.3, -0.25) is 9.32 Å². The van der Waals surface area contributed by atoms with E-state index in [-0.39, 0.29) is 11.6 Å². The molecule has 1 aromatic carbocycles. The van der Waals surface area contributed by atoms with Gasteiger partial charge in [0.1, 0.15) is 0 Å². The second-order valence-electron chi connectivity index (χ2n) is 4.85. The van der Waals surface area contributed by atoms with Crippen molar-refractivity contribution in [3.05, 3.63) is 46.4 Å². The number of rotatable bonds is 2. The van der Waals surface area contributed by atoms with E-state index in [9.17, 15) is 9.59 Å². The highest BCUT2D eigenvalue weighted by Gasteiger charge is 2.34. The quantitative estimate of drug-likeness (QED) is 0.826. The highest BCUT2D eigenvalue weighted by molar-refractivity contribution is 5.90. The molecule has 20 heavy (non-hydrogen) atoms. The zero-order chi connectivity index (χ0) is 13.9. The molecule has 1 fully saturated rings. The average Bonchev–Trinajstić information content (AvgIpc) is 2.90. The maximum Gasteiger partial charge on any atom is 0.441 e. The third kappa shape index (κ3) is 2.24. The van der Waals surface area contributed by atoms with Crippen LogP contribution in [0, 0.1) is 0 Å². The van der Waals surface area contributed by atoms with Crippen molar-refractivity contribution in [2.75, 3.05) is 13.1 Å². The Morgan fingerprint density at radius 2 is 1.85 bits per heavy atom. The van der Waals surface area contributed by atoms with E-state index < -0.39 is 5.63 Å². The lowest BCUT2D eigenvalue weighted by Crippen LogP contribution is -2.47. The summed E-state index contributed by atoms with van der Waals surface area (Å²) in [5.41, 5.74) is 0.0845. The molecule has 6 nitrogen and oxygen atoms in total. The zero-order valence-electron chi connectivity index (χ0n) is 11.0. The summed E-state index contributed by atoms with van der Waals surface area (Å²) in [6.07, 6.45) is 3.09. The lowest BCUT2D eigenvalue weighted by molar-refractivity contribution is -0.672. The molecule has 0 atom stereocenters. The minimum Gasteiger partial charge on any atom is -0.333 e. The normalized spacial score (nSPS) is 15.3. The van der Waals surface area contributed by atoms with E-state index in [2.05, 4.69) is 5.27 Å². The van der Waals surface area contributed by atoms with Crippen LogP contribution in [0.3, 0.4) is 0 Å². The molecular formula is C14H16N3O3+. The molecule has 1 amide bonds. The molecule has 0 bridgehead atoms. The van der Waals surface area contributed by atoms with Crippen molar-refractivity contribution in [3.63, 3.8) is 0 Å². The number of aromatic amines is 1. The van der Waals surface area contributed by atoms with Crippen LogP contribution in [-0.4, -0.2) is 29.2 Å². The van der Waals surface area contributed by atoms with E-state index >= 15 is 0 Å². The van der Waals surface area contributed by atoms with Gasteiger partial charge in [-0.25, -0.2) is 4.79 Å². The van der Waals surface area contributed by atoms with Gasteiger partial charge < -0.3 is 4.90 Å². The molecule has 1 aliphatic heterocycles. The number of likely N-dealkylation sites (tertiary alicyclic amines) is 1. The maximum absolute atomic E-state index is 12.5. The molecule has 0 spiro atoms. The largest absolute Gasteiger partial charge is 0.441 e. The topological polar surface area (TPSA) is 70.2 Å². The fourth-order valence-electron chi connectivity index (χ4n) is 2.46. The Bertz CT molecular complexity index is 654. The van der Waals surface area contributed by atoms with Gasteiger partial charge in [0.25, 0.3) is 0 Å². The summed E-state index contributed by atoms with van der Waals surface area (Å²) in [6, 6.07) is 9.15. The monoisotopic (exact) mass is 274 g/mol. The average molecular weight is 274 g/mol. The summed E-state index contributed by atoms with van der Waals surface area (Å²) in [5.74, 6) is -0.274. The molecule has 1 N–H and O–H groups in total. The first kappa shape index (κ1) is 12.7. The third-order valence-corrected chi connectivity index (χ3v) is 3.51. The van der Waals surface area contributed by atoms with Crippen molar-refractivity contribution in [2.24, 2.45) is 0 Å². The first-order chi connectivity index (χ1) is 9.77. The molecule has 1 aliphatic rings. The Labute approximate surface area is 115 Å². The van der Waals surface area contributed by atoms with Gasteiger partial charge in [-0.2, -0.15) is 0 Å². The number of hydrogen-bond acceptors (Lipinski definition) is 3. The van der Waals surface area contributed by atoms with Crippen LogP contribution in [-0.2, 0) is 0 Å². The van der Waals surface area contributed by atoms with Crippen molar-refractivity contribution in [2.45, 2.75) is 19.3 Å². The van der Waals surface area contributed by atoms with Gasteiger partial charge in [0.15, 0.2) is 0 Å². The fraction of sp³-hybridized carbons (Fsp3) is 0.357. The van der Waals surface area contributed by atoms with E-state index in [0.717, 1.165) is 19.3 Å². The summed E-state index contributed by atoms with van der Waals surface area (Å²) in [7, 11) is 0. The molecule has 0 radical (unpaired) electrons. The molecule has 1 saturated heterocycles. The number of H-pyrrole nitrogens is 1. The van der Waals surface area contributed by atoms with Gasteiger partial charge in [-0.1, -0.05) is 18.2 Å². The first-order valence-electron chi connectivity index (χ1n) is 6.75. The minimum absolute atomic E-state index is 0.0260. The molecule has 1 aromatic heterocycles. The highest BCUT2D eigenvalue weighted by atomic mass is 16.5. The van der Waals surface area contributed by atoms with E-state index in [1.807, 2.05) is 18.2 Å². The Morgan fingerprint density at radius 1 is 1.15 bits per heavy atom. The number of carbonyl (C=O) groups excluding carboxylic acids is 1. The van der Waals surface area contributed by atoms with Crippen LogP contribution in [0.15, 0.2) is 39.6 Å². The molecule has 104 valence electrons. The number of para-hydroxylation sites is 1. The number of piperidine rings is 1. The summed E-state index contributed by atoms with van der Waals surface area (Å²) < 4.78 is 6.20. The second kappa shape index (κ2) is 5.32. The van der Waals surface area contributed by atoms with Crippen molar-refractivity contribution >= 4 is 5.91 Å². The molecule has 3 rings (SSSR count). The summed E-state index contributed by atoms with van der Waals surface area (Å²) >= 11 is 0. The van der Waals surface area contributed by atoms with Crippen molar-refractivity contribution in [1.29, 1.82) is 0 Å². The molecule has 0 aliphatic carbocycles. The van der Waals surface area contributed by atoms with Gasteiger partial charge in [-0.15, -0.1) is 0 Å². The molecule has 2 heterocycles. The van der Waals surface area contributed by atoms with Gasteiger partial charge in [0, 0.05) is 25.2 Å². The van der Waals surface area contributed by atoms with E-state index in [1.165, 1.54) is 4.68 Å². The van der Waals surface area contributed by atoms with Gasteiger partial charge in [0.05, 0.1) is 0 Å². The number of aromatic nitrogens is 2. The number of nitrogens with zero attached hydrogens (tertiary/aromatic N) is 2. The zero-order valence-corrected chi connectivity index (χ0v) is 11.0. The summed E-state index contributed by atoms with van der Waals surface area (Å²) in [6.45, 7) is 1.39. The van der Waals surface area contributed by atoms with Crippen LogP contribution in [0.1, 0.15) is 29.8 Å². The molecule has 0 unspecified atom stereocenters. The number of hydrogen-bond donors (Lipinski definition) is 1. The van der Waals surface area contributed by atoms with Crippen LogP contribution in [0.5, 0.6) is 0 Å². The predicted octanol–water partition coefficient (Wildman–Crippen LogP) is 0.871. The minimum atomic E-state index is -0.635. The Hall–Kier alpha value is -2.37. The number of nitrogens with one attached hydrogen (secondary N) is 1. The van der Waals surface area contributed by atoms with Crippen molar-refractivity contribution in [3.8, 4) is 5.69 Å². The lowest BCUT2D eigenvalue weighted by Gasteiger charge is -2.24. The lowest BCUT2D eigenvalue weighted by atomic mass is 10.1. The smallest absolute Gasteiger partial charge is 0.333 e. The molecular weight excluding hydrogens is 258 g/mol. The van der Waals surface area contributed by atoms with Gasteiger partial charge in [0.2, 0.25) is 5.69 Å². The maximum atomic E-state index is 12.5. The molecule has 0 saturated carbocycles. The number of benzene rings is 1. The van der Waals surface area contributed by atoms with Crippen LogP contribution < -0.4 is 10.3 Å². The second-order valence-corrected chi connectivity index (χ2v) is 4.85. The fourth-order valence-corrected chi connectivity index (χ4v) is 2.46. The van der Waals surface area contributed by atoms with Crippen LogP contribution in [0.25, 0.3) is 5.69 Å². The molecule has 6 heteroatoms.